The predicted molar refractivity (Wildman–Crippen MR) is 86.6 cm³/mol. The highest BCUT2D eigenvalue weighted by molar-refractivity contribution is 6.31. The van der Waals surface area contributed by atoms with E-state index in [0.29, 0.717) is 17.1 Å². The molecule has 1 heterocycles. The molecule has 5 nitrogen and oxygen atoms in total. The van der Waals surface area contributed by atoms with Crippen molar-refractivity contribution in [2.45, 2.75) is 66.2 Å². The first-order valence-corrected chi connectivity index (χ1v) is 7.83. The third kappa shape index (κ3) is 5.67. The number of carbonyl (C=O) groups excluding carboxylic acids is 1. The second-order valence-electron chi connectivity index (χ2n) is 6.11. The summed E-state index contributed by atoms with van der Waals surface area (Å²) in [6.07, 6.45) is 1.68. The van der Waals surface area contributed by atoms with E-state index < -0.39 is 0 Å². The number of amides is 1. The molecular formula is C15H27ClN4O. The molecule has 1 aromatic heterocycles. The molecule has 0 unspecified atom stereocenters. The zero-order valence-corrected chi connectivity index (χ0v) is 14.6. The molecule has 0 aromatic carbocycles. The summed E-state index contributed by atoms with van der Waals surface area (Å²) in [4.78, 5) is 14.4. The Labute approximate surface area is 132 Å². The molecule has 1 rings (SSSR count). The highest BCUT2D eigenvalue weighted by atomic mass is 35.5. The lowest BCUT2D eigenvalue weighted by atomic mass is 10.2. The van der Waals surface area contributed by atoms with Crippen LogP contribution in [0.2, 0.25) is 5.02 Å². The van der Waals surface area contributed by atoms with Crippen LogP contribution in [0.1, 0.15) is 40.3 Å². The molecule has 1 N–H and O–H groups in total. The number of carbonyl (C=O) groups is 1. The van der Waals surface area contributed by atoms with Gasteiger partial charge in [-0.25, -0.2) is 0 Å². The molecule has 0 radical (unpaired) electrons. The molecule has 1 aromatic rings. The Bertz CT molecular complexity index is 443. The SMILES string of the molecule is Cc1nn(CC(=O)N[C@@H](C)CN(C(C)C)C(C)C)cc1Cl. The van der Waals surface area contributed by atoms with Crippen LogP contribution in [0.4, 0.5) is 0 Å². The number of hydrogen-bond acceptors (Lipinski definition) is 3. The Kier molecular flexibility index (Phi) is 6.68. The van der Waals surface area contributed by atoms with Gasteiger partial charge < -0.3 is 5.32 Å². The molecule has 6 heteroatoms. The average Bonchev–Trinajstić information content (AvgIpc) is 2.64. The van der Waals surface area contributed by atoms with E-state index in [9.17, 15) is 4.79 Å². The minimum Gasteiger partial charge on any atom is -0.351 e. The number of nitrogens with one attached hydrogen (secondary N) is 1. The molecule has 0 spiro atoms. The summed E-state index contributed by atoms with van der Waals surface area (Å²) in [5, 5.41) is 7.79. The van der Waals surface area contributed by atoms with Gasteiger partial charge in [-0.05, 0) is 41.5 Å². The second-order valence-corrected chi connectivity index (χ2v) is 6.52. The lowest BCUT2D eigenvalue weighted by molar-refractivity contribution is -0.122. The molecule has 21 heavy (non-hydrogen) atoms. The van der Waals surface area contributed by atoms with Crippen LogP contribution in [0.5, 0.6) is 0 Å². The van der Waals surface area contributed by atoms with Crippen LogP contribution in [0.15, 0.2) is 6.20 Å². The van der Waals surface area contributed by atoms with Crippen LogP contribution in [0, 0.1) is 6.92 Å². The first kappa shape index (κ1) is 18.0. The summed E-state index contributed by atoms with van der Waals surface area (Å²) < 4.78 is 1.57. The summed E-state index contributed by atoms with van der Waals surface area (Å²) in [5.74, 6) is -0.0471. The van der Waals surface area contributed by atoms with E-state index in [-0.39, 0.29) is 18.5 Å². The predicted octanol–water partition coefficient (Wildman–Crippen LogP) is 2.47. The first-order valence-electron chi connectivity index (χ1n) is 7.45. The normalized spacial score (nSPS) is 13.2. The first-order chi connectivity index (χ1) is 9.70. The van der Waals surface area contributed by atoms with Crippen molar-refractivity contribution in [1.82, 2.24) is 20.0 Å². The van der Waals surface area contributed by atoms with Gasteiger partial charge in [0.1, 0.15) is 6.54 Å². The van der Waals surface area contributed by atoms with Crippen LogP contribution >= 0.6 is 11.6 Å². The Morgan fingerprint density at radius 1 is 1.33 bits per heavy atom. The van der Waals surface area contributed by atoms with Crippen molar-refractivity contribution in [3.05, 3.63) is 16.9 Å². The molecular weight excluding hydrogens is 288 g/mol. The van der Waals surface area contributed by atoms with Gasteiger partial charge in [0.05, 0.1) is 10.7 Å². The van der Waals surface area contributed by atoms with Gasteiger partial charge in [0.25, 0.3) is 0 Å². The van der Waals surface area contributed by atoms with Gasteiger partial charge in [-0.2, -0.15) is 5.10 Å². The molecule has 0 aliphatic carbocycles. The molecule has 0 aliphatic rings. The Balaban J connectivity index is 2.50. The summed E-state index contributed by atoms with van der Waals surface area (Å²) in [5.41, 5.74) is 0.739. The van der Waals surface area contributed by atoms with Crippen molar-refractivity contribution >= 4 is 17.5 Å². The van der Waals surface area contributed by atoms with Crippen molar-refractivity contribution in [3.8, 4) is 0 Å². The van der Waals surface area contributed by atoms with Crippen molar-refractivity contribution in [2.24, 2.45) is 0 Å². The van der Waals surface area contributed by atoms with Crippen molar-refractivity contribution in [2.75, 3.05) is 6.54 Å². The average molecular weight is 315 g/mol. The maximum atomic E-state index is 12.0. The molecule has 0 bridgehead atoms. The van der Waals surface area contributed by atoms with Crippen LogP contribution in [0.25, 0.3) is 0 Å². The standard InChI is InChI=1S/C15H27ClN4O/c1-10(2)20(11(3)4)7-12(5)17-15(21)9-19-8-14(16)13(6)18-19/h8,10-12H,7,9H2,1-6H3,(H,17,21)/t12-/m0/s1. The topological polar surface area (TPSA) is 50.2 Å². The Morgan fingerprint density at radius 2 is 1.90 bits per heavy atom. The summed E-state index contributed by atoms with van der Waals surface area (Å²) in [7, 11) is 0. The molecule has 0 saturated carbocycles. The zero-order chi connectivity index (χ0) is 16.2. The van der Waals surface area contributed by atoms with Gasteiger partial charge in [-0.15, -0.1) is 0 Å². The van der Waals surface area contributed by atoms with E-state index in [2.05, 4.69) is 43.0 Å². The second kappa shape index (κ2) is 7.80. The molecule has 1 amide bonds. The third-order valence-electron chi connectivity index (χ3n) is 3.41. The van der Waals surface area contributed by atoms with Gasteiger partial charge in [-0.3, -0.25) is 14.4 Å². The maximum Gasteiger partial charge on any atom is 0.241 e. The minimum absolute atomic E-state index is 0.0471. The van der Waals surface area contributed by atoms with Crippen molar-refractivity contribution in [1.29, 1.82) is 0 Å². The quantitative estimate of drug-likeness (QED) is 0.841. The zero-order valence-electron chi connectivity index (χ0n) is 13.9. The summed E-state index contributed by atoms with van der Waals surface area (Å²) in [6.45, 7) is 13.6. The fourth-order valence-corrected chi connectivity index (χ4v) is 2.57. The smallest absolute Gasteiger partial charge is 0.241 e. The van der Waals surface area contributed by atoms with Gasteiger partial charge in [-0.1, -0.05) is 11.6 Å². The van der Waals surface area contributed by atoms with Gasteiger partial charge in [0, 0.05) is 30.9 Å². The van der Waals surface area contributed by atoms with E-state index in [1.165, 1.54) is 0 Å². The van der Waals surface area contributed by atoms with E-state index in [4.69, 9.17) is 11.6 Å². The molecule has 0 fully saturated rings. The lowest BCUT2D eigenvalue weighted by Crippen LogP contribution is -2.47. The van der Waals surface area contributed by atoms with Crippen molar-refractivity contribution in [3.63, 3.8) is 0 Å². The Morgan fingerprint density at radius 3 is 2.33 bits per heavy atom. The Hall–Kier alpha value is -1.07. The van der Waals surface area contributed by atoms with Crippen LogP contribution < -0.4 is 5.32 Å². The third-order valence-corrected chi connectivity index (χ3v) is 3.78. The van der Waals surface area contributed by atoms with E-state index in [1.807, 2.05) is 13.8 Å². The van der Waals surface area contributed by atoms with E-state index >= 15 is 0 Å². The lowest BCUT2D eigenvalue weighted by Gasteiger charge is -2.33. The van der Waals surface area contributed by atoms with Crippen LogP contribution in [-0.2, 0) is 11.3 Å². The monoisotopic (exact) mass is 314 g/mol. The van der Waals surface area contributed by atoms with Gasteiger partial charge in [0.2, 0.25) is 5.91 Å². The fourth-order valence-electron chi connectivity index (χ4n) is 2.42. The van der Waals surface area contributed by atoms with Gasteiger partial charge in [0.15, 0.2) is 0 Å². The number of nitrogens with zero attached hydrogens (tertiary/aromatic N) is 3. The minimum atomic E-state index is -0.0471. The molecule has 0 saturated heterocycles. The molecule has 1 atom stereocenters. The van der Waals surface area contributed by atoms with Crippen molar-refractivity contribution < 1.29 is 4.79 Å². The molecule has 0 aliphatic heterocycles. The van der Waals surface area contributed by atoms with Gasteiger partial charge >= 0.3 is 0 Å². The maximum absolute atomic E-state index is 12.0. The number of halogens is 1. The summed E-state index contributed by atoms with van der Waals surface area (Å²) >= 11 is 5.94. The largest absolute Gasteiger partial charge is 0.351 e. The van der Waals surface area contributed by atoms with Crippen LogP contribution in [-0.4, -0.2) is 45.3 Å². The number of aromatic nitrogens is 2. The number of aryl methyl sites for hydroxylation is 1. The molecule has 120 valence electrons. The van der Waals surface area contributed by atoms with E-state index in [1.54, 1.807) is 10.9 Å². The highest BCUT2D eigenvalue weighted by Gasteiger charge is 2.18. The fraction of sp³-hybridized carbons (Fsp3) is 0.733. The highest BCUT2D eigenvalue weighted by Crippen LogP contribution is 2.11. The number of hydrogen-bond donors (Lipinski definition) is 1. The number of rotatable bonds is 7. The van der Waals surface area contributed by atoms with E-state index in [0.717, 1.165) is 12.2 Å². The van der Waals surface area contributed by atoms with Crippen LogP contribution in [0.3, 0.4) is 0 Å². The summed E-state index contributed by atoms with van der Waals surface area (Å²) in [6, 6.07) is 1.00.